The molecule has 0 amide bonds. The van der Waals surface area contributed by atoms with E-state index in [1.807, 2.05) is 19.1 Å². The maximum Gasteiger partial charge on any atom is 0.180 e. The molecular weight excluding hydrogens is 278 g/mol. The van der Waals surface area contributed by atoms with Crippen LogP contribution in [0.2, 0.25) is 0 Å². The zero-order valence-corrected chi connectivity index (χ0v) is 12.4. The van der Waals surface area contributed by atoms with Crippen LogP contribution >= 0.6 is 0 Å². The maximum atomic E-state index is 10.9. The standard InChI is InChI=1S/C17H17N3O2/c1-11-20-17(9-22-11)6-5-14-13(12-7-18-10-19-8-12)3-2-4-15(14)16(17)21/h2-4,7-8,10,16,21H,5-6,9H2,1H3/t16?,17-/m0/s1. The topological polar surface area (TPSA) is 67.6 Å². The van der Waals surface area contributed by atoms with Gasteiger partial charge in [0.05, 0.1) is 0 Å². The number of nitrogens with zero attached hydrogens (tertiary/aromatic N) is 3. The van der Waals surface area contributed by atoms with Gasteiger partial charge < -0.3 is 9.84 Å². The number of rotatable bonds is 1. The fourth-order valence-corrected chi connectivity index (χ4v) is 3.49. The fraction of sp³-hybridized carbons (Fsp3) is 0.353. The third-order valence-corrected chi connectivity index (χ3v) is 4.61. The lowest BCUT2D eigenvalue weighted by atomic mass is 9.74. The van der Waals surface area contributed by atoms with Gasteiger partial charge in [-0.2, -0.15) is 0 Å². The number of ether oxygens (including phenoxy) is 1. The summed E-state index contributed by atoms with van der Waals surface area (Å²) in [5.41, 5.74) is 3.64. The molecule has 1 aromatic carbocycles. The number of aliphatic imine (C=N–C) groups is 1. The van der Waals surface area contributed by atoms with E-state index in [-0.39, 0.29) is 0 Å². The average molecular weight is 295 g/mol. The first-order valence-electron chi connectivity index (χ1n) is 7.44. The van der Waals surface area contributed by atoms with E-state index in [9.17, 15) is 5.11 Å². The minimum absolute atomic E-state index is 0.456. The van der Waals surface area contributed by atoms with Crippen LogP contribution in [0.1, 0.15) is 30.6 Å². The average Bonchev–Trinajstić information content (AvgIpc) is 2.94. The van der Waals surface area contributed by atoms with E-state index < -0.39 is 11.6 Å². The summed E-state index contributed by atoms with van der Waals surface area (Å²) >= 11 is 0. The molecule has 1 aliphatic carbocycles. The monoisotopic (exact) mass is 295 g/mol. The molecule has 22 heavy (non-hydrogen) atoms. The van der Waals surface area contributed by atoms with Gasteiger partial charge in [0.25, 0.3) is 0 Å². The zero-order valence-electron chi connectivity index (χ0n) is 12.4. The largest absolute Gasteiger partial charge is 0.479 e. The molecule has 0 saturated carbocycles. The third kappa shape index (κ3) is 1.93. The number of aliphatic hydroxyl groups is 1. The van der Waals surface area contributed by atoms with Gasteiger partial charge in [0, 0.05) is 24.9 Å². The number of fused-ring (bicyclic) bond motifs is 1. The summed E-state index contributed by atoms with van der Waals surface area (Å²) in [6, 6.07) is 6.01. The molecule has 1 aromatic heterocycles. The first kappa shape index (κ1) is 13.4. The Morgan fingerprint density at radius 3 is 2.82 bits per heavy atom. The molecule has 0 fully saturated rings. The minimum Gasteiger partial charge on any atom is -0.479 e. The Morgan fingerprint density at radius 1 is 1.27 bits per heavy atom. The summed E-state index contributed by atoms with van der Waals surface area (Å²) < 4.78 is 5.52. The summed E-state index contributed by atoms with van der Waals surface area (Å²) in [4.78, 5) is 12.8. The smallest absolute Gasteiger partial charge is 0.180 e. The van der Waals surface area contributed by atoms with Gasteiger partial charge in [-0.15, -0.1) is 0 Å². The minimum atomic E-state index is -0.640. The number of aliphatic hydroxyl groups excluding tert-OH is 1. The Bertz CT molecular complexity index is 745. The van der Waals surface area contributed by atoms with Crippen molar-refractivity contribution >= 4 is 5.90 Å². The lowest BCUT2D eigenvalue weighted by molar-refractivity contribution is 0.0523. The van der Waals surface area contributed by atoms with Crippen LogP contribution < -0.4 is 0 Å². The molecule has 0 bridgehead atoms. The van der Waals surface area contributed by atoms with Crippen LogP contribution in [0.3, 0.4) is 0 Å². The van der Waals surface area contributed by atoms with E-state index >= 15 is 0 Å². The van der Waals surface area contributed by atoms with E-state index in [0.29, 0.717) is 12.5 Å². The van der Waals surface area contributed by atoms with Gasteiger partial charge in [0.15, 0.2) is 5.90 Å². The molecule has 1 aliphatic heterocycles. The van der Waals surface area contributed by atoms with Crippen molar-refractivity contribution in [2.75, 3.05) is 6.61 Å². The second kappa shape index (κ2) is 4.88. The lowest BCUT2D eigenvalue weighted by Gasteiger charge is -2.36. The highest BCUT2D eigenvalue weighted by atomic mass is 16.5. The second-order valence-electron chi connectivity index (χ2n) is 5.93. The molecule has 0 saturated heterocycles. The van der Waals surface area contributed by atoms with Gasteiger partial charge in [0.1, 0.15) is 24.6 Å². The Labute approximate surface area is 128 Å². The van der Waals surface area contributed by atoms with E-state index in [0.717, 1.165) is 35.1 Å². The van der Waals surface area contributed by atoms with E-state index in [1.54, 1.807) is 12.4 Å². The van der Waals surface area contributed by atoms with Gasteiger partial charge in [-0.1, -0.05) is 18.2 Å². The SMILES string of the molecule is CC1=N[C@@]2(CCc3c(-c4cncnc4)cccc3C2O)CO1. The highest BCUT2D eigenvalue weighted by Gasteiger charge is 2.46. The summed E-state index contributed by atoms with van der Waals surface area (Å²) in [6.45, 7) is 2.30. The fourth-order valence-electron chi connectivity index (χ4n) is 3.49. The van der Waals surface area contributed by atoms with Gasteiger partial charge in [0.2, 0.25) is 0 Å². The summed E-state index contributed by atoms with van der Waals surface area (Å²) in [5.74, 6) is 0.662. The molecule has 2 aliphatic rings. The van der Waals surface area contributed by atoms with Crippen LogP contribution in [0.5, 0.6) is 0 Å². The molecule has 2 atom stereocenters. The van der Waals surface area contributed by atoms with Gasteiger partial charge in [-0.25, -0.2) is 15.0 Å². The maximum absolute atomic E-state index is 10.9. The molecule has 112 valence electrons. The molecule has 5 heteroatoms. The summed E-state index contributed by atoms with van der Waals surface area (Å²) in [6.07, 6.45) is 6.13. The van der Waals surface area contributed by atoms with Crippen molar-refractivity contribution in [1.29, 1.82) is 0 Å². The van der Waals surface area contributed by atoms with Crippen molar-refractivity contribution in [3.63, 3.8) is 0 Å². The lowest BCUT2D eigenvalue weighted by Crippen LogP contribution is -2.40. The molecule has 0 radical (unpaired) electrons. The highest BCUT2D eigenvalue weighted by Crippen LogP contribution is 2.45. The zero-order chi connectivity index (χ0) is 15.2. The summed E-state index contributed by atoms with van der Waals surface area (Å²) in [5, 5.41) is 10.9. The van der Waals surface area contributed by atoms with Crippen LogP contribution in [0.4, 0.5) is 0 Å². The molecule has 2 heterocycles. The van der Waals surface area contributed by atoms with E-state index in [4.69, 9.17) is 4.74 Å². The van der Waals surface area contributed by atoms with Crippen molar-refractivity contribution < 1.29 is 9.84 Å². The predicted molar refractivity (Wildman–Crippen MR) is 82.5 cm³/mol. The van der Waals surface area contributed by atoms with Crippen LogP contribution in [0, 0.1) is 0 Å². The third-order valence-electron chi connectivity index (χ3n) is 4.61. The second-order valence-corrected chi connectivity index (χ2v) is 5.93. The molecule has 1 spiro atoms. The molecular formula is C17H17N3O2. The van der Waals surface area contributed by atoms with Gasteiger partial charge in [-0.3, -0.25) is 0 Å². The van der Waals surface area contributed by atoms with Crippen LogP contribution in [-0.2, 0) is 11.2 Å². The van der Waals surface area contributed by atoms with Crippen LogP contribution in [0.15, 0.2) is 41.9 Å². The summed E-state index contributed by atoms with van der Waals surface area (Å²) in [7, 11) is 0. The van der Waals surface area contributed by atoms with Crippen LogP contribution in [0.25, 0.3) is 11.1 Å². The molecule has 5 nitrogen and oxygen atoms in total. The van der Waals surface area contributed by atoms with Gasteiger partial charge >= 0.3 is 0 Å². The molecule has 2 aromatic rings. The van der Waals surface area contributed by atoms with E-state index in [2.05, 4.69) is 21.0 Å². The number of aromatic nitrogens is 2. The van der Waals surface area contributed by atoms with Crippen molar-refractivity contribution in [2.45, 2.75) is 31.4 Å². The Morgan fingerprint density at radius 2 is 2.09 bits per heavy atom. The quantitative estimate of drug-likeness (QED) is 0.876. The number of benzene rings is 1. The van der Waals surface area contributed by atoms with E-state index in [1.165, 1.54) is 6.33 Å². The molecule has 1 unspecified atom stereocenters. The number of hydrogen-bond donors (Lipinski definition) is 1. The predicted octanol–water partition coefficient (Wildman–Crippen LogP) is 2.31. The Kier molecular flexibility index (Phi) is 2.97. The Balaban J connectivity index is 1.81. The van der Waals surface area contributed by atoms with Gasteiger partial charge in [-0.05, 0) is 29.5 Å². The molecule has 1 N–H and O–H groups in total. The Hall–Kier alpha value is -2.27. The van der Waals surface area contributed by atoms with Crippen molar-refractivity contribution in [2.24, 2.45) is 4.99 Å². The van der Waals surface area contributed by atoms with Crippen molar-refractivity contribution in [3.8, 4) is 11.1 Å². The van der Waals surface area contributed by atoms with Crippen LogP contribution in [-0.4, -0.2) is 33.1 Å². The number of hydrogen-bond acceptors (Lipinski definition) is 5. The van der Waals surface area contributed by atoms with Crippen molar-refractivity contribution in [3.05, 3.63) is 48.0 Å². The van der Waals surface area contributed by atoms with Crippen molar-refractivity contribution in [1.82, 2.24) is 9.97 Å². The highest BCUT2D eigenvalue weighted by molar-refractivity contribution is 5.76. The first-order valence-corrected chi connectivity index (χ1v) is 7.44. The normalized spacial score (nSPS) is 26.5. The molecule has 4 rings (SSSR count). The first-order chi connectivity index (χ1) is 10.7.